The lowest BCUT2D eigenvalue weighted by molar-refractivity contribution is -0.0322. The number of halogens is 2. The topological polar surface area (TPSA) is 73.9 Å². The van der Waals surface area contributed by atoms with Crippen LogP contribution in [0.3, 0.4) is 0 Å². The van der Waals surface area contributed by atoms with E-state index in [0.29, 0.717) is 30.7 Å². The Morgan fingerprint density at radius 3 is 2.79 bits per heavy atom. The van der Waals surface area contributed by atoms with Gasteiger partial charge < -0.3 is 9.64 Å². The van der Waals surface area contributed by atoms with Crippen molar-refractivity contribution in [3.05, 3.63) is 6.33 Å². The lowest BCUT2D eigenvalue weighted by Crippen LogP contribution is -2.46. The number of aryl methyl sites for hydroxylation is 1. The average Bonchev–Trinajstić information content (AvgIpc) is 3.10. The summed E-state index contributed by atoms with van der Waals surface area (Å²) >= 11 is 0. The number of hydrogen-bond acceptors (Lipinski definition) is 6. The van der Waals surface area contributed by atoms with E-state index in [9.17, 15) is 8.78 Å². The highest BCUT2D eigenvalue weighted by molar-refractivity contribution is 5.48. The van der Waals surface area contributed by atoms with Gasteiger partial charge in [-0.15, -0.1) is 15.3 Å². The van der Waals surface area contributed by atoms with Gasteiger partial charge >= 0.3 is 0 Å². The van der Waals surface area contributed by atoms with Crippen molar-refractivity contribution in [1.82, 2.24) is 29.5 Å². The lowest BCUT2D eigenvalue weighted by Gasteiger charge is -2.38. The molecule has 1 atom stereocenters. The highest BCUT2D eigenvalue weighted by Gasteiger charge is 2.40. The van der Waals surface area contributed by atoms with Gasteiger partial charge in [0.15, 0.2) is 0 Å². The first-order valence-corrected chi connectivity index (χ1v) is 7.84. The molecule has 0 radical (unpaired) electrons. The Balaban J connectivity index is 1.94. The zero-order valence-corrected chi connectivity index (χ0v) is 14.0. The summed E-state index contributed by atoms with van der Waals surface area (Å²) in [5.41, 5.74) is 0. The summed E-state index contributed by atoms with van der Waals surface area (Å²) in [4.78, 5) is 6.07. The van der Waals surface area contributed by atoms with Crippen LogP contribution >= 0.6 is 0 Å². The minimum absolute atomic E-state index is 0.189. The number of piperidine rings is 1. The monoisotopic (exact) mass is 341 g/mol. The standard InChI is InChI=1S/C14H21F2N7O/c1-10-8-14(15,16)4-5-22(10)13-19-18-12(23(13)6-7-24-3)11-17-9-21(2)20-11/h9-10H,4-8H2,1-3H3. The molecule has 0 saturated carbocycles. The molecule has 1 aliphatic rings. The summed E-state index contributed by atoms with van der Waals surface area (Å²) in [5, 5.41) is 12.7. The fraction of sp³-hybridized carbons (Fsp3) is 0.714. The van der Waals surface area contributed by atoms with Gasteiger partial charge in [-0.25, -0.2) is 13.8 Å². The zero-order chi connectivity index (χ0) is 17.3. The Hall–Kier alpha value is -2.10. The Morgan fingerprint density at radius 2 is 2.17 bits per heavy atom. The smallest absolute Gasteiger partial charge is 0.251 e. The van der Waals surface area contributed by atoms with Crippen molar-refractivity contribution in [3.63, 3.8) is 0 Å². The van der Waals surface area contributed by atoms with Crippen molar-refractivity contribution >= 4 is 5.95 Å². The third kappa shape index (κ3) is 3.23. The first-order chi connectivity index (χ1) is 11.4. The molecule has 2 aromatic rings. The molecule has 1 aliphatic heterocycles. The molecule has 8 nitrogen and oxygen atoms in total. The summed E-state index contributed by atoms with van der Waals surface area (Å²) in [6, 6.07) is -0.330. The Morgan fingerprint density at radius 1 is 1.38 bits per heavy atom. The Kier molecular flexibility index (Phi) is 4.48. The van der Waals surface area contributed by atoms with Gasteiger partial charge in [0, 0.05) is 39.6 Å². The average molecular weight is 341 g/mol. The second-order valence-corrected chi connectivity index (χ2v) is 6.06. The maximum Gasteiger partial charge on any atom is 0.251 e. The summed E-state index contributed by atoms with van der Waals surface area (Å²) < 4.78 is 35.8. The van der Waals surface area contributed by atoms with Gasteiger partial charge in [0.25, 0.3) is 5.92 Å². The molecule has 0 spiro atoms. The van der Waals surface area contributed by atoms with E-state index in [2.05, 4.69) is 20.3 Å². The Labute approximate surface area is 138 Å². The van der Waals surface area contributed by atoms with Crippen LogP contribution < -0.4 is 4.90 Å². The van der Waals surface area contributed by atoms with Gasteiger partial charge in [0.2, 0.25) is 17.6 Å². The van der Waals surface area contributed by atoms with Crippen LogP contribution in [0.5, 0.6) is 0 Å². The molecule has 0 aliphatic carbocycles. The van der Waals surface area contributed by atoms with Crippen molar-refractivity contribution in [3.8, 4) is 11.6 Å². The SMILES string of the molecule is COCCn1c(-c2ncn(C)n2)nnc1N1CCC(F)(F)CC1C. The van der Waals surface area contributed by atoms with Gasteiger partial charge in [0.05, 0.1) is 13.2 Å². The minimum atomic E-state index is -2.63. The number of anilines is 1. The van der Waals surface area contributed by atoms with Crippen LogP contribution in [0, 0.1) is 0 Å². The van der Waals surface area contributed by atoms with Gasteiger partial charge in [-0.2, -0.15) is 0 Å². The summed E-state index contributed by atoms with van der Waals surface area (Å²) in [5.74, 6) is -1.12. The van der Waals surface area contributed by atoms with Crippen LogP contribution in [0.4, 0.5) is 14.7 Å². The quantitative estimate of drug-likeness (QED) is 0.817. The highest BCUT2D eigenvalue weighted by Crippen LogP contribution is 2.34. The summed E-state index contributed by atoms with van der Waals surface area (Å²) in [6.45, 7) is 2.95. The number of alkyl halides is 2. The van der Waals surface area contributed by atoms with E-state index in [1.54, 1.807) is 32.1 Å². The van der Waals surface area contributed by atoms with Crippen molar-refractivity contribution in [2.24, 2.45) is 7.05 Å². The molecule has 0 amide bonds. The van der Waals surface area contributed by atoms with Crippen LogP contribution in [0.15, 0.2) is 6.33 Å². The minimum Gasteiger partial charge on any atom is -0.383 e. The van der Waals surface area contributed by atoms with Gasteiger partial charge in [0.1, 0.15) is 6.33 Å². The van der Waals surface area contributed by atoms with E-state index in [1.165, 1.54) is 0 Å². The first kappa shape index (κ1) is 16.7. The molecule has 10 heteroatoms. The molecule has 1 saturated heterocycles. The molecular formula is C14H21F2N7O. The van der Waals surface area contributed by atoms with Crippen LogP contribution in [0.1, 0.15) is 19.8 Å². The van der Waals surface area contributed by atoms with Gasteiger partial charge in [-0.1, -0.05) is 0 Å². The second-order valence-electron chi connectivity index (χ2n) is 6.06. The first-order valence-electron chi connectivity index (χ1n) is 7.84. The number of ether oxygens (including phenoxy) is 1. The van der Waals surface area contributed by atoms with E-state index in [0.717, 1.165) is 0 Å². The zero-order valence-electron chi connectivity index (χ0n) is 14.0. The fourth-order valence-electron chi connectivity index (χ4n) is 2.95. The molecule has 0 aromatic carbocycles. The fourth-order valence-corrected chi connectivity index (χ4v) is 2.95. The third-order valence-electron chi connectivity index (χ3n) is 4.15. The molecule has 3 heterocycles. The molecule has 3 rings (SSSR count). The molecule has 1 fully saturated rings. The maximum atomic E-state index is 13.6. The third-order valence-corrected chi connectivity index (χ3v) is 4.15. The van der Waals surface area contributed by atoms with E-state index >= 15 is 0 Å². The van der Waals surface area contributed by atoms with Crippen molar-refractivity contribution in [2.75, 3.05) is 25.2 Å². The Bertz CT molecular complexity index is 699. The number of aromatic nitrogens is 6. The van der Waals surface area contributed by atoms with Crippen molar-refractivity contribution < 1.29 is 13.5 Å². The largest absolute Gasteiger partial charge is 0.383 e. The normalized spacial score (nSPS) is 20.5. The van der Waals surface area contributed by atoms with Crippen LogP contribution in [0.2, 0.25) is 0 Å². The molecule has 2 aromatic heterocycles. The highest BCUT2D eigenvalue weighted by atomic mass is 19.3. The van der Waals surface area contributed by atoms with Gasteiger partial charge in [-0.3, -0.25) is 9.25 Å². The van der Waals surface area contributed by atoms with Crippen molar-refractivity contribution in [1.29, 1.82) is 0 Å². The predicted molar refractivity (Wildman–Crippen MR) is 82.9 cm³/mol. The van der Waals surface area contributed by atoms with Crippen molar-refractivity contribution in [2.45, 2.75) is 38.3 Å². The van der Waals surface area contributed by atoms with E-state index < -0.39 is 5.92 Å². The maximum absolute atomic E-state index is 13.6. The summed E-state index contributed by atoms with van der Waals surface area (Å²) in [7, 11) is 3.37. The van der Waals surface area contributed by atoms with Gasteiger partial charge in [-0.05, 0) is 6.92 Å². The number of rotatable bonds is 5. The molecule has 0 N–H and O–H groups in total. The van der Waals surface area contributed by atoms with Crippen LogP contribution in [-0.2, 0) is 18.3 Å². The number of nitrogens with zero attached hydrogens (tertiary/aromatic N) is 7. The van der Waals surface area contributed by atoms with Crippen LogP contribution in [-0.4, -0.2) is 61.8 Å². The second kappa shape index (κ2) is 6.42. The predicted octanol–water partition coefficient (Wildman–Crippen LogP) is 1.34. The van der Waals surface area contributed by atoms with E-state index in [1.807, 2.05) is 9.47 Å². The van der Waals surface area contributed by atoms with E-state index in [4.69, 9.17) is 4.74 Å². The molecule has 1 unspecified atom stereocenters. The molecular weight excluding hydrogens is 320 g/mol. The summed E-state index contributed by atoms with van der Waals surface area (Å²) in [6.07, 6.45) is 1.20. The molecule has 0 bridgehead atoms. The lowest BCUT2D eigenvalue weighted by atomic mass is 10.0. The molecule has 24 heavy (non-hydrogen) atoms. The van der Waals surface area contributed by atoms with Crippen LogP contribution in [0.25, 0.3) is 11.6 Å². The number of methoxy groups -OCH3 is 1. The number of hydrogen-bond donors (Lipinski definition) is 0. The van der Waals surface area contributed by atoms with E-state index in [-0.39, 0.29) is 25.4 Å². The molecule has 132 valence electrons.